The van der Waals surface area contributed by atoms with E-state index in [0.717, 1.165) is 48.1 Å². The van der Waals surface area contributed by atoms with Crippen molar-refractivity contribution >= 4 is 16.7 Å². The molecule has 0 unspecified atom stereocenters. The maximum absolute atomic E-state index is 12.9. The molecule has 1 aromatic heterocycles. The quantitative estimate of drug-likeness (QED) is 0.859. The monoisotopic (exact) mass is 312 g/mol. The third-order valence-electron chi connectivity index (χ3n) is 4.28. The molecule has 4 nitrogen and oxygen atoms in total. The Labute approximate surface area is 137 Å². The zero-order valence-electron chi connectivity index (χ0n) is 13.8. The average molecular weight is 312 g/mol. The van der Waals surface area contributed by atoms with Gasteiger partial charge < -0.3 is 10.1 Å². The molecule has 2 aromatic rings. The molecule has 1 saturated heterocycles. The van der Waals surface area contributed by atoms with Gasteiger partial charge in [0.05, 0.1) is 6.61 Å². The van der Waals surface area contributed by atoms with E-state index in [1.807, 2.05) is 24.3 Å². The number of carbonyl (C=O) groups is 1. The summed E-state index contributed by atoms with van der Waals surface area (Å²) < 4.78 is 5.88. The number of hydrogen-bond donors (Lipinski definition) is 1. The van der Waals surface area contributed by atoms with Crippen LogP contribution in [0.25, 0.3) is 10.9 Å². The largest absolute Gasteiger partial charge is 0.491 e. The van der Waals surface area contributed by atoms with Crippen LogP contribution in [0.5, 0.6) is 5.75 Å². The van der Waals surface area contributed by atoms with Crippen molar-refractivity contribution in [3.63, 3.8) is 0 Å². The van der Waals surface area contributed by atoms with E-state index in [-0.39, 0.29) is 11.7 Å². The van der Waals surface area contributed by atoms with Crippen molar-refractivity contribution in [3.8, 4) is 5.75 Å². The van der Waals surface area contributed by atoms with Crippen LogP contribution in [0, 0.1) is 11.8 Å². The van der Waals surface area contributed by atoms with E-state index in [0.29, 0.717) is 12.5 Å². The van der Waals surface area contributed by atoms with Crippen LogP contribution >= 0.6 is 0 Å². The number of fused-ring (bicyclic) bond motifs is 1. The minimum absolute atomic E-state index is 0.113. The summed E-state index contributed by atoms with van der Waals surface area (Å²) in [4.78, 5) is 17.4. The highest BCUT2D eigenvalue weighted by Gasteiger charge is 2.24. The second-order valence-corrected chi connectivity index (χ2v) is 6.60. The van der Waals surface area contributed by atoms with Gasteiger partial charge >= 0.3 is 0 Å². The first-order valence-corrected chi connectivity index (χ1v) is 8.42. The highest BCUT2D eigenvalue weighted by molar-refractivity contribution is 6.09. The summed E-state index contributed by atoms with van der Waals surface area (Å²) in [6.45, 7) is 6.72. The van der Waals surface area contributed by atoms with E-state index in [1.165, 1.54) is 0 Å². The molecule has 122 valence electrons. The Hall–Kier alpha value is -1.94. The fourth-order valence-corrected chi connectivity index (χ4v) is 3.04. The summed E-state index contributed by atoms with van der Waals surface area (Å²) in [6.07, 6.45) is 3.57. The Morgan fingerprint density at radius 1 is 1.30 bits per heavy atom. The van der Waals surface area contributed by atoms with Gasteiger partial charge in [-0.15, -0.1) is 0 Å². The molecule has 3 rings (SSSR count). The molecule has 0 spiro atoms. The molecule has 0 aliphatic carbocycles. The standard InChI is InChI=1S/C19H24N2O2/c1-13(2)12-23-17-6-5-16(15-4-3-9-21-18(15)17)19(22)14-7-10-20-11-8-14/h3-6,9,13-14,20H,7-8,10-12H2,1-2H3. The first-order chi connectivity index (χ1) is 11.2. The topological polar surface area (TPSA) is 51.2 Å². The number of nitrogens with zero attached hydrogens (tertiary/aromatic N) is 1. The molecule has 1 fully saturated rings. The number of ether oxygens (including phenoxy) is 1. The molecular weight excluding hydrogens is 288 g/mol. The second-order valence-electron chi connectivity index (χ2n) is 6.60. The van der Waals surface area contributed by atoms with E-state index in [1.54, 1.807) is 6.20 Å². The predicted octanol–water partition coefficient (Wildman–Crippen LogP) is 3.45. The van der Waals surface area contributed by atoms with Gasteiger partial charge in [-0.1, -0.05) is 19.9 Å². The summed E-state index contributed by atoms with van der Waals surface area (Å²) in [6, 6.07) is 7.66. The number of rotatable bonds is 5. The van der Waals surface area contributed by atoms with Gasteiger partial charge in [-0.05, 0) is 50.0 Å². The molecule has 0 atom stereocenters. The van der Waals surface area contributed by atoms with Gasteiger partial charge in [0, 0.05) is 23.1 Å². The van der Waals surface area contributed by atoms with Gasteiger partial charge in [0.15, 0.2) is 5.78 Å². The smallest absolute Gasteiger partial charge is 0.166 e. The number of carbonyl (C=O) groups excluding carboxylic acids is 1. The number of aromatic nitrogens is 1. The van der Waals surface area contributed by atoms with Crippen LogP contribution in [-0.4, -0.2) is 30.5 Å². The second kappa shape index (κ2) is 7.09. The summed E-state index contributed by atoms with van der Waals surface area (Å²) >= 11 is 0. The summed E-state index contributed by atoms with van der Waals surface area (Å²) in [7, 11) is 0. The van der Waals surface area contributed by atoms with Crippen LogP contribution < -0.4 is 10.1 Å². The van der Waals surface area contributed by atoms with Crippen LogP contribution in [0.3, 0.4) is 0 Å². The first kappa shape index (κ1) is 15.9. The molecule has 4 heteroatoms. The van der Waals surface area contributed by atoms with Crippen molar-refractivity contribution in [1.82, 2.24) is 10.3 Å². The van der Waals surface area contributed by atoms with Crippen molar-refractivity contribution in [2.45, 2.75) is 26.7 Å². The van der Waals surface area contributed by atoms with E-state index in [4.69, 9.17) is 4.74 Å². The van der Waals surface area contributed by atoms with E-state index in [2.05, 4.69) is 24.1 Å². The van der Waals surface area contributed by atoms with E-state index in [9.17, 15) is 4.79 Å². The van der Waals surface area contributed by atoms with Crippen molar-refractivity contribution in [3.05, 3.63) is 36.0 Å². The van der Waals surface area contributed by atoms with Crippen molar-refractivity contribution in [1.29, 1.82) is 0 Å². The van der Waals surface area contributed by atoms with Crippen molar-refractivity contribution in [2.24, 2.45) is 11.8 Å². The van der Waals surface area contributed by atoms with Crippen molar-refractivity contribution in [2.75, 3.05) is 19.7 Å². The molecule has 1 aliphatic rings. The van der Waals surface area contributed by atoms with Crippen LogP contribution in [0.4, 0.5) is 0 Å². The average Bonchev–Trinajstić information content (AvgIpc) is 2.59. The number of nitrogens with one attached hydrogen (secondary N) is 1. The lowest BCUT2D eigenvalue weighted by molar-refractivity contribution is 0.0897. The summed E-state index contributed by atoms with van der Waals surface area (Å²) in [5, 5.41) is 4.21. The number of Topliss-reactive ketones (excluding diaryl/α,β-unsaturated/α-hetero) is 1. The molecule has 1 aliphatic heterocycles. The lowest BCUT2D eigenvalue weighted by Crippen LogP contribution is -2.32. The lowest BCUT2D eigenvalue weighted by atomic mass is 9.88. The maximum atomic E-state index is 12.9. The number of piperidine rings is 1. The van der Waals surface area contributed by atoms with Crippen LogP contribution in [-0.2, 0) is 0 Å². The zero-order chi connectivity index (χ0) is 16.2. The van der Waals surface area contributed by atoms with Gasteiger partial charge in [0.2, 0.25) is 0 Å². The fraction of sp³-hybridized carbons (Fsp3) is 0.474. The predicted molar refractivity (Wildman–Crippen MR) is 92.0 cm³/mol. The molecular formula is C19H24N2O2. The maximum Gasteiger partial charge on any atom is 0.166 e. The minimum atomic E-state index is 0.113. The zero-order valence-corrected chi connectivity index (χ0v) is 13.8. The first-order valence-electron chi connectivity index (χ1n) is 8.42. The van der Waals surface area contributed by atoms with Crippen LogP contribution in [0.2, 0.25) is 0 Å². The van der Waals surface area contributed by atoms with Crippen LogP contribution in [0.1, 0.15) is 37.0 Å². The number of hydrogen-bond acceptors (Lipinski definition) is 4. The molecule has 1 N–H and O–H groups in total. The lowest BCUT2D eigenvalue weighted by Gasteiger charge is -2.22. The van der Waals surface area contributed by atoms with Crippen molar-refractivity contribution < 1.29 is 9.53 Å². The Balaban J connectivity index is 1.95. The summed E-state index contributed by atoms with van der Waals surface area (Å²) in [5.74, 6) is 1.56. The molecule has 0 amide bonds. The molecule has 2 heterocycles. The highest BCUT2D eigenvalue weighted by atomic mass is 16.5. The molecule has 1 aromatic carbocycles. The Morgan fingerprint density at radius 2 is 2.09 bits per heavy atom. The van der Waals surface area contributed by atoms with Gasteiger partial charge in [-0.3, -0.25) is 9.78 Å². The van der Waals surface area contributed by atoms with Gasteiger partial charge in [0.25, 0.3) is 0 Å². The van der Waals surface area contributed by atoms with Gasteiger partial charge in [-0.2, -0.15) is 0 Å². The Morgan fingerprint density at radius 3 is 2.83 bits per heavy atom. The number of pyridine rings is 1. The molecule has 0 saturated carbocycles. The van der Waals surface area contributed by atoms with E-state index < -0.39 is 0 Å². The fourth-order valence-electron chi connectivity index (χ4n) is 3.04. The SMILES string of the molecule is CC(C)COc1ccc(C(=O)C2CCNCC2)c2cccnc12. The third kappa shape index (κ3) is 3.53. The van der Waals surface area contributed by atoms with Gasteiger partial charge in [-0.25, -0.2) is 0 Å². The van der Waals surface area contributed by atoms with Crippen LogP contribution in [0.15, 0.2) is 30.5 Å². The molecule has 0 radical (unpaired) electrons. The Bertz CT molecular complexity index is 691. The minimum Gasteiger partial charge on any atom is -0.491 e. The normalized spacial score (nSPS) is 16.0. The number of ketones is 1. The highest BCUT2D eigenvalue weighted by Crippen LogP contribution is 2.30. The Kier molecular flexibility index (Phi) is 4.91. The summed E-state index contributed by atoms with van der Waals surface area (Å²) in [5.41, 5.74) is 1.56. The molecule has 23 heavy (non-hydrogen) atoms. The third-order valence-corrected chi connectivity index (χ3v) is 4.28. The van der Waals surface area contributed by atoms with Gasteiger partial charge in [0.1, 0.15) is 11.3 Å². The molecule has 0 bridgehead atoms. The van der Waals surface area contributed by atoms with E-state index >= 15 is 0 Å². The number of benzene rings is 1.